The molecule has 0 aliphatic carbocycles. The van der Waals surface area contributed by atoms with E-state index in [-0.39, 0.29) is 31.4 Å². The first-order valence-electron chi connectivity index (χ1n) is 10.1. The molecule has 0 atom stereocenters. The van der Waals surface area contributed by atoms with Gasteiger partial charge in [-0.3, -0.25) is 14.2 Å². The Bertz CT molecular complexity index is 1350. The van der Waals surface area contributed by atoms with Gasteiger partial charge in [0, 0.05) is 41.5 Å². The molecule has 8 nitrogen and oxygen atoms in total. The van der Waals surface area contributed by atoms with Crippen LogP contribution >= 0.6 is 11.6 Å². The van der Waals surface area contributed by atoms with Crippen molar-refractivity contribution in [3.05, 3.63) is 88.4 Å². The Morgan fingerprint density at radius 2 is 1.67 bits per heavy atom. The quantitative estimate of drug-likeness (QED) is 0.404. The molecule has 0 saturated carbocycles. The van der Waals surface area contributed by atoms with Crippen LogP contribution in [0, 0.1) is 0 Å². The maximum absolute atomic E-state index is 12.4. The second kappa shape index (κ2) is 10.1. The van der Waals surface area contributed by atoms with Crippen LogP contribution in [-0.4, -0.2) is 23.0 Å². The van der Waals surface area contributed by atoms with Gasteiger partial charge < -0.3 is 19.8 Å². The lowest BCUT2D eigenvalue weighted by molar-refractivity contribution is -0.118. The summed E-state index contributed by atoms with van der Waals surface area (Å²) in [6.07, 6.45) is 0.0573. The molecule has 0 aliphatic heterocycles. The second-order valence-corrected chi connectivity index (χ2v) is 7.60. The molecule has 0 fully saturated rings. The molecule has 2 N–H and O–H groups in total. The zero-order valence-corrected chi connectivity index (χ0v) is 18.2. The normalized spacial score (nSPS) is 10.7. The first kappa shape index (κ1) is 22.2. The molecule has 3 aromatic carbocycles. The van der Waals surface area contributed by atoms with Crippen LogP contribution in [-0.2, 0) is 16.1 Å². The zero-order chi connectivity index (χ0) is 23.2. The van der Waals surface area contributed by atoms with Gasteiger partial charge in [-0.2, -0.15) is 0 Å². The number of nitrogens with one attached hydrogen (secondary N) is 2. The number of hydrogen-bond donors (Lipinski definition) is 2. The highest BCUT2D eigenvalue weighted by atomic mass is 35.5. The summed E-state index contributed by atoms with van der Waals surface area (Å²) in [4.78, 5) is 36.5. The monoisotopic (exact) mass is 465 g/mol. The van der Waals surface area contributed by atoms with Crippen LogP contribution in [0.2, 0.25) is 5.02 Å². The van der Waals surface area contributed by atoms with Crippen molar-refractivity contribution in [2.45, 2.75) is 13.0 Å². The van der Waals surface area contributed by atoms with Gasteiger partial charge in [0.05, 0.1) is 5.52 Å². The Morgan fingerprint density at radius 1 is 0.909 bits per heavy atom. The van der Waals surface area contributed by atoms with Gasteiger partial charge in [0.15, 0.2) is 12.2 Å². The maximum atomic E-state index is 12.4. The van der Waals surface area contributed by atoms with E-state index in [1.807, 2.05) is 18.2 Å². The highest BCUT2D eigenvalue weighted by Gasteiger charge is 2.12. The average Bonchev–Trinajstić information content (AvgIpc) is 3.11. The number of carbonyl (C=O) groups is 2. The van der Waals surface area contributed by atoms with Gasteiger partial charge in [0.1, 0.15) is 5.75 Å². The lowest BCUT2D eigenvalue weighted by atomic mass is 10.2. The summed E-state index contributed by atoms with van der Waals surface area (Å²) in [5, 5.41) is 5.95. The number of aryl methyl sites for hydroxylation is 1. The minimum Gasteiger partial charge on any atom is -0.484 e. The predicted octanol–water partition coefficient (Wildman–Crippen LogP) is 4.29. The molecule has 4 rings (SSSR count). The van der Waals surface area contributed by atoms with Crippen LogP contribution < -0.4 is 21.1 Å². The number of amides is 2. The Balaban J connectivity index is 1.31. The van der Waals surface area contributed by atoms with Gasteiger partial charge in [-0.25, -0.2) is 4.79 Å². The number of oxazole rings is 1. The van der Waals surface area contributed by atoms with Crippen LogP contribution in [0.4, 0.5) is 11.4 Å². The molecule has 9 heteroatoms. The number of ether oxygens (including phenoxy) is 1. The molecule has 33 heavy (non-hydrogen) atoms. The maximum Gasteiger partial charge on any atom is 0.419 e. The molecule has 4 aromatic rings. The third-order valence-electron chi connectivity index (χ3n) is 4.74. The molecule has 0 unspecified atom stereocenters. The summed E-state index contributed by atoms with van der Waals surface area (Å²) in [5.41, 5.74) is 2.13. The SMILES string of the molecule is O=C(CCn1c(=O)oc2cc(Cl)ccc21)Nc1cccc(OCC(=O)Nc2ccccc2)c1. The number of fused-ring (bicyclic) bond motifs is 1. The zero-order valence-electron chi connectivity index (χ0n) is 17.4. The lowest BCUT2D eigenvalue weighted by Crippen LogP contribution is -2.20. The topological polar surface area (TPSA) is 103 Å². The van der Waals surface area contributed by atoms with E-state index in [1.54, 1.807) is 54.6 Å². The number of nitrogens with zero attached hydrogens (tertiary/aromatic N) is 1. The number of anilines is 2. The van der Waals surface area contributed by atoms with Crippen molar-refractivity contribution >= 4 is 45.9 Å². The molecule has 0 bridgehead atoms. The fourth-order valence-electron chi connectivity index (χ4n) is 3.22. The summed E-state index contributed by atoms with van der Waals surface area (Å²) in [6.45, 7) is -0.0259. The van der Waals surface area contributed by atoms with E-state index in [0.717, 1.165) is 0 Å². The summed E-state index contributed by atoms with van der Waals surface area (Å²) < 4.78 is 12.1. The summed E-state index contributed by atoms with van der Waals surface area (Å²) in [5.74, 6) is -0.701. The van der Waals surface area contributed by atoms with Gasteiger partial charge in [-0.05, 0) is 36.4 Å². The van der Waals surface area contributed by atoms with E-state index in [2.05, 4.69) is 10.6 Å². The Labute approximate surface area is 193 Å². The van der Waals surface area contributed by atoms with E-state index < -0.39 is 5.76 Å². The molecule has 2 amide bonds. The smallest absolute Gasteiger partial charge is 0.419 e. The van der Waals surface area contributed by atoms with Crippen LogP contribution in [0.25, 0.3) is 11.1 Å². The molecule has 1 aromatic heterocycles. The Morgan fingerprint density at radius 3 is 2.48 bits per heavy atom. The number of halogens is 1. The van der Waals surface area contributed by atoms with Crippen molar-refractivity contribution in [1.29, 1.82) is 0 Å². The average molecular weight is 466 g/mol. The molecular formula is C24H20ClN3O5. The van der Waals surface area contributed by atoms with E-state index >= 15 is 0 Å². The first-order valence-corrected chi connectivity index (χ1v) is 10.5. The van der Waals surface area contributed by atoms with Gasteiger partial charge >= 0.3 is 5.76 Å². The first-order chi connectivity index (χ1) is 16.0. The molecule has 0 saturated heterocycles. The van der Waals surface area contributed by atoms with Crippen molar-refractivity contribution in [2.24, 2.45) is 0 Å². The fraction of sp³-hybridized carbons (Fsp3) is 0.125. The van der Waals surface area contributed by atoms with Gasteiger partial charge in [0.2, 0.25) is 5.91 Å². The molecule has 1 heterocycles. The summed E-state index contributed by atoms with van der Waals surface area (Å²) in [7, 11) is 0. The van der Waals surface area contributed by atoms with Crippen molar-refractivity contribution in [3.63, 3.8) is 0 Å². The van der Waals surface area contributed by atoms with E-state index in [0.29, 0.717) is 33.2 Å². The van der Waals surface area contributed by atoms with Crippen LogP contribution in [0.3, 0.4) is 0 Å². The fourth-order valence-corrected chi connectivity index (χ4v) is 3.38. The van der Waals surface area contributed by atoms with Crippen molar-refractivity contribution in [1.82, 2.24) is 4.57 Å². The third-order valence-corrected chi connectivity index (χ3v) is 4.97. The Kier molecular flexibility index (Phi) is 6.75. The number of aromatic nitrogens is 1. The molecule has 168 valence electrons. The van der Waals surface area contributed by atoms with Crippen LogP contribution in [0.15, 0.2) is 82.0 Å². The predicted molar refractivity (Wildman–Crippen MR) is 126 cm³/mol. The van der Waals surface area contributed by atoms with Gasteiger partial charge in [-0.1, -0.05) is 35.9 Å². The van der Waals surface area contributed by atoms with Crippen molar-refractivity contribution in [2.75, 3.05) is 17.2 Å². The summed E-state index contributed by atoms with van der Waals surface area (Å²) in [6, 6.07) is 20.7. The third kappa shape index (κ3) is 5.81. The largest absolute Gasteiger partial charge is 0.484 e. The number of benzene rings is 3. The molecule has 0 spiro atoms. The number of rotatable bonds is 8. The molecule has 0 radical (unpaired) electrons. The van der Waals surface area contributed by atoms with Gasteiger partial charge in [-0.15, -0.1) is 0 Å². The minimum atomic E-state index is -0.552. The number of carbonyl (C=O) groups excluding carboxylic acids is 2. The van der Waals surface area contributed by atoms with E-state index in [9.17, 15) is 14.4 Å². The molecular weight excluding hydrogens is 446 g/mol. The standard InChI is InChI=1S/C24H20ClN3O5/c25-16-9-10-20-21(13-16)33-24(31)28(20)12-11-22(29)27-18-7-4-8-19(14-18)32-15-23(30)26-17-5-2-1-3-6-17/h1-10,13-14H,11-12,15H2,(H,26,30)(H,27,29). The highest BCUT2D eigenvalue weighted by Crippen LogP contribution is 2.20. The lowest BCUT2D eigenvalue weighted by Gasteiger charge is -2.10. The van der Waals surface area contributed by atoms with Crippen molar-refractivity contribution in [3.8, 4) is 5.75 Å². The van der Waals surface area contributed by atoms with Gasteiger partial charge in [0.25, 0.3) is 5.91 Å². The highest BCUT2D eigenvalue weighted by molar-refractivity contribution is 6.31. The molecule has 0 aliphatic rings. The number of hydrogen-bond acceptors (Lipinski definition) is 5. The second-order valence-electron chi connectivity index (χ2n) is 7.16. The van der Waals surface area contributed by atoms with E-state index in [4.69, 9.17) is 20.8 Å². The Hall–Kier alpha value is -4.04. The minimum absolute atomic E-state index is 0.0573. The summed E-state index contributed by atoms with van der Waals surface area (Å²) >= 11 is 5.92. The van der Waals surface area contributed by atoms with Crippen molar-refractivity contribution < 1.29 is 18.7 Å². The van der Waals surface area contributed by atoms with Crippen LogP contribution in [0.5, 0.6) is 5.75 Å². The van der Waals surface area contributed by atoms with E-state index in [1.165, 1.54) is 4.57 Å². The van der Waals surface area contributed by atoms with Crippen LogP contribution in [0.1, 0.15) is 6.42 Å². The number of para-hydroxylation sites is 1.